The molecule has 0 amide bonds. The number of piperazine rings is 1. The number of thiazole rings is 1. The van der Waals surface area contributed by atoms with Crippen LogP contribution in [0, 0.1) is 6.92 Å². The van der Waals surface area contributed by atoms with Crippen LogP contribution in [0.5, 0.6) is 5.75 Å². The molecule has 2 aliphatic heterocycles. The molecule has 2 unspecified atom stereocenters. The van der Waals surface area contributed by atoms with Crippen molar-refractivity contribution in [2.45, 2.75) is 51.7 Å². The van der Waals surface area contributed by atoms with Crippen LogP contribution in [0.15, 0.2) is 53.7 Å². The molecule has 0 saturated carbocycles. The fourth-order valence-corrected chi connectivity index (χ4v) is 5.61. The van der Waals surface area contributed by atoms with Crippen LogP contribution < -0.4 is 4.74 Å². The van der Waals surface area contributed by atoms with Crippen molar-refractivity contribution in [1.82, 2.24) is 14.8 Å². The first kappa shape index (κ1) is 23.2. The first-order valence-electron chi connectivity index (χ1n) is 11.9. The molecule has 8 heteroatoms. The SMILES string of the molecule is Cc1nc2cc(OC([C@@H](C)O)N3CCN(CC4=NOC(c5ccccc5)C4)[C@@H](C)C3)ccc2s1. The van der Waals surface area contributed by atoms with E-state index in [4.69, 9.17) is 9.57 Å². The normalized spacial score (nSPS) is 23.5. The van der Waals surface area contributed by atoms with E-state index in [1.807, 2.05) is 43.3 Å². The van der Waals surface area contributed by atoms with Gasteiger partial charge in [-0.1, -0.05) is 35.5 Å². The summed E-state index contributed by atoms with van der Waals surface area (Å²) in [6.07, 6.45) is -0.184. The quantitative estimate of drug-likeness (QED) is 0.546. The zero-order chi connectivity index (χ0) is 23.7. The monoisotopic (exact) mass is 480 g/mol. The van der Waals surface area contributed by atoms with E-state index < -0.39 is 12.3 Å². The van der Waals surface area contributed by atoms with Crippen LogP contribution in [-0.2, 0) is 4.84 Å². The van der Waals surface area contributed by atoms with Gasteiger partial charge < -0.3 is 14.7 Å². The van der Waals surface area contributed by atoms with E-state index in [-0.39, 0.29) is 6.10 Å². The minimum Gasteiger partial charge on any atom is -0.472 e. The molecule has 4 atom stereocenters. The van der Waals surface area contributed by atoms with Gasteiger partial charge in [-0.3, -0.25) is 9.80 Å². The third kappa shape index (κ3) is 5.10. The molecule has 0 radical (unpaired) electrons. The Morgan fingerprint density at radius 1 is 1.21 bits per heavy atom. The van der Waals surface area contributed by atoms with E-state index in [1.54, 1.807) is 18.3 Å². The van der Waals surface area contributed by atoms with E-state index in [0.717, 1.165) is 59.3 Å². The second-order valence-electron chi connectivity index (χ2n) is 9.29. The maximum Gasteiger partial charge on any atom is 0.178 e. The van der Waals surface area contributed by atoms with Crippen molar-refractivity contribution in [2.24, 2.45) is 5.16 Å². The molecule has 2 aromatic carbocycles. The molecule has 1 aromatic heterocycles. The zero-order valence-corrected chi connectivity index (χ0v) is 20.7. The lowest BCUT2D eigenvalue weighted by molar-refractivity contribution is -0.0826. The average Bonchev–Trinajstić information content (AvgIpc) is 3.44. The van der Waals surface area contributed by atoms with Gasteiger partial charge in [-0.25, -0.2) is 4.98 Å². The lowest BCUT2D eigenvalue weighted by Gasteiger charge is -2.43. The highest BCUT2D eigenvalue weighted by molar-refractivity contribution is 7.18. The number of benzene rings is 2. The van der Waals surface area contributed by atoms with Crippen molar-refractivity contribution in [3.63, 3.8) is 0 Å². The van der Waals surface area contributed by atoms with Crippen LogP contribution in [0.2, 0.25) is 0 Å². The largest absolute Gasteiger partial charge is 0.472 e. The number of hydrogen-bond donors (Lipinski definition) is 1. The second-order valence-corrected chi connectivity index (χ2v) is 10.5. The van der Waals surface area contributed by atoms with Gasteiger partial charge in [0.2, 0.25) is 0 Å². The third-order valence-electron chi connectivity index (χ3n) is 6.58. The summed E-state index contributed by atoms with van der Waals surface area (Å²) in [5, 5.41) is 15.9. The molecule has 7 nitrogen and oxygen atoms in total. The number of aliphatic hydroxyl groups is 1. The van der Waals surface area contributed by atoms with E-state index in [9.17, 15) is 5.11 Å². The average molecular weight is 481 g/mol. The molecule has 34 heavy (non-hydrogen) atoms. The lowest BCUT2D eigenvalue weighted by atomic mass is 10.0. The van der Waals surface area contributed by atoms with Crippen LogP contribution in [0.3, 0.4) is 0 Å². The van der Waals surface area contributed by atoms with Crippen molar-refractivity contribution in [3.8, 4) is 5.75 Å². The Bertz CT molecular complexity index is 1150. The Labute approximate surface area is 204 Å². The van der Waals surface area contributed by atoms with E-state index >= 15 is 0 Å². The molecule has 1 fully saturated rings. The van der Waals surface area contributed by atoms with Crippen molar-refractivity contribution >= 4 is 27.3 Å². The molecule has 3 aromatic rings. The molecule has 1 N–H and O–H groups in total. The Hall–Kier alpha value is -2.52. The highest BCUT2D eigenvalue weighted by atomic mass is 32.1. The molecular weight excluding hydrogens is 448 g/mol. The summed E-state index contributed by atoms with van der Waals surface area (Å²) in [6.45, 7) is 9.33. The minimum atomic E-state index is -0.620. The van der Waals surface area contributed by atoms with Crippen LogP contribution in [0.1, 0.15) is 36.9 Å². The molecule has 0 aliphatic carbocycles. The van der Waals surface area contributed by atoms with Gasteiger partial charge in [-0.2, -0.15) is 0 Å². The van der Waals surface area contributed by atoms with E-state index in [2.05, 4.69) is 39.0 Å². The third-order valence-corrected chi connectivity index (χ3v) is 7.53. The van der Waals surface area contributed by atoms with Gasteiger partial charge >= 0.3 is 0 Å². The molecule has 180 valence electrons. The summed E-state index contributed by atoms with van der Waals surface area (Å²) in [5.41, 5.74) is 3.20. The van der Waals surface area contributed by atoms with Crippen molar-refractivity contribution in [3.05, 3.63) is 59.1 Å². The number of oxime groups is 1. The fraction of sp³-hybridized carbons (Fsp3) is 0.462. The number of hydrogen-bond acceptors (Lipinski definition) is 8. The first-order chi connectivity index (χ1) is 16.5. The van der Waals surface area contributed by atoms with Crippen LogP contribution in [-0.4, -0.2) is 70.2 Å². The lowest BCUT2D eigenvalue weighted by Crippen LogP contribution is -2.59. The number of nitrogens with zero attached hydrogens (tertiary/aromatic N) is 4. The van der Waals surface area contributed by atoms with Crippen LogP contribution in [0.4, 0.5) is 0 Å². The fourth-order valence-electron chi connectivity index (χ4n) is 4.80. The molecule has 0 spiro atoms. The van der Waals surface area contributed by atoms with E-state index in [1.165, 1.54) is 5.56 Å². The topological polar surface area (TPSA) is 70.4 Å². The number of aromatic nitrogens is 1. The Morgan fingerprint density at radius 3 is 2.79 bits per heavy atom. The Kier molecular flexibility index (Phi) is 6.83. The van der Waals surface area contributed by atoms with Crippen LogP contribution in [0.25, 0.3) is 10.2 Å². The maximum atomic E-state index is 10.5. The first-order valence-corrected chi connectivity index (χ1v) is 12.7. The molecule has 2 aliphatic rings. The van der Waals surface area contributed by atoms with Crippen molar-refractivity contribution in [1.29, 1.82) is 0 Å². The summed E-state index contributed by atoms with van der Waals surface area (Å²) in [5.74, 6) is 0.739. The number of aryl methyl sites for hydroxylation is 1. The van der Waals surface area contributed by atoms with Gasteiger partial charge in [0.05, 0.1) is 20.9 Å². The van der Waals surface area contributed by atoms with Crippen molar-refractivity contribution < 1.29 is 14.7 Å². The smallest absolute Gasteiger partial charge is 0.178 e. The van der Waals surface area contributed by atoms with Gasteiger partial charge in [0.1, 0.15) is 11.9 Å². The summed E-state index contributed by atoms with van der Waals surface area (Å²) < 4.78 is 7.44. The number of aliphatic hydroxyl groups excluding tert-OH is 1. The van der Waals surface area contributed by atoms with E-state index in [0.29, 0.717) is 6.04 Å². The highest BCUT2D eigenvalue weighted by Crippen LogP contribution is 2.29. The zero-order valence-electron chi connectivity index (χ0n) is 19.9. The highest BCUT2D eigenvalue weighted by Gasteiger charge is 2.33. The predicted molar refractivity (Wildman–Crippen MR) is 135 cm³/mol. The van der Waals surface area contributed by atoms with Gasteiger partial charge in [0.25, 0.3) is 0 Å². The molecule has 5 rings (SSSR count). The van der Waals surface area contributed by atoms with Gasteiger partial charge in [-0.15, -0.1) is 11.3 Å². The molecule has 1 saturated heterocycles. The predicted octanol–water partition coefficient (Wildman–Crippen LogP) is 4.21. The van der Waals surface area contributed by atoms with Crippen molar-refractivity contribution in [2.75, 3.05) is 26.2 Å². The Balaban J connectivity index is 1.19. The molecular formula is C26H32N4O3S. The summed E-state index contributed by atoms with van der Waals surface area (Å²) in [4.78, 5) is 15.0. The number of fused-ring (bicyclic) bond motifs is 1. The standard InChI is InChI=1S/C26H32N4O3S/c1-17-15-30(26(18(2)31)32-22-9-10-25-23(14-22)27-19(3)34-25)12-11-29(17)16-21-13-24(33-28-21)20-7-5-4-6-8-20/h4-10,14,17-18,24,26,31H,11-13,15-16H2,1-3H3/t17-,18+,24?,26?/m0/s1. The number of rotatable bonds is 7. The summed E-state index contributed by atoms with van der Waals surface area (Å²) in [6, 6.07) is 16.6. The summed E-state index contributed by atoms with van der Waals surface area (Å²) in [7, 11) is 0. The van der Waals surface area contributed by atoms with Gasteiger partial charge in [0.15, 0.2) is 12.3 Å². The minimum absolute atomic E-state index is 0.0136. The second kappa shape index (κ2) is 10.00. The molecule has 3 heterocycles. The van der Waals surface area contributed by atoms with Gasteiger partial charge in [0, 0.05) is 44.7 Å². The Morgan fingerprint density at radius 2 is 2.03 bits per heavy atom. The summed E-state index contributed by atoms with van der Waals surface area (Å²) >= 11 is 1.68. The van der Waals surface area contributed by atoms with Gasteiger partial charge in [-0.05, 0) is 38.5 Å². The molecule has 0 bridgehead atoms. The maximum absolute atomic E-state index is 10.5. The number of ether oxygens (including phenoxy) is 1. The van der Waals surface area contributed by atoms with Crippen LogP contribution >= 0.6 is 11.3 Å².